The lowest BCUT2D eigenvalue weighted by atomic mass is 10.2. The molecule has 2 heteroatoms. The summed E-state index contributed by atoms with van der Waals surface area (Å²) in [5.74, 6) is 2.62. The zero-order valence-corrected chi connectivity index (χ0v) is 7.10. The molecule has 3 N–H and O–H groups in total. The number of hydrogen-bond donors (Lipinski definition) is 2. The lowest BCUT2D eigenvalue weighted by Crippen LogP contribution is -2.19. The second-order valence-corrected chi connectivity index (χ2v) is 2.55. The van der Waals surface area contributed by atoms with Crippen LogP contribution < -0.4 is 11.1 Å². The molecule has 0 atom stereocenters. The molecule has 0 aliphatic rings. The van der Waals surface area contributed by atoms with Crippen LogP contribution in [0.25, 0.3) is 0 Å². The standard InChI is InChI=1S/C9H18N2/c1-2-3-4-5-8-11-9-6-7-10/h1,11H,3-10H2. The molecular weight excluding hydrogens is 136 g/mol. The fraction of sp³-hybridized carbons (Fsp3) is 0.778. The summed E-state index contributed by atoms with van der Waals surface area (Å²) in [6, 6.07) is 0. The van der Waals surface area contributed by atoms with E-state index in [0.29, 0.717) is 0 Å². The largest absolute Gasteiger partial charge is 0.330 e. The summed E-state index contributed by atoms with van der Waals surface area (Å²) in [7, 11) is 0. The van der Waals surface area contributed by atoms with Gasteiger partial charge < -0.3 is 11.1 Å². The van der Waals surface area contributed by atoms with Crippen LogP contribution in [-0.2, 0) is 0 Å². The first-order valence-corrected chi connectivity index (χ1v) is 4.26. The fourth-order valence-corrected chi connectivity index (χ4v) is 0.829. The molecule has 0 amide bonds. The minimum Gasteiger partial charge on any atom is -0.330 e. The zero-order chi connectivity index (χ0) is 8.36. The van der Waals surface area contributed by atoms with E-state index >= 15 is 0 Å². The fourth-order valence-electron chi connectivity index (χ4n) is 0.829. The van der Waals surface area contributed by atoms with Gasteiger partial charge in [0.25, 0.3) is 0 Å². The van der Waals surface area contributed by atoms with Gasteiger partial charge in [-0.15, -0.1) is 12.3 Å². The van der Waals surface area contributed by atoms with Crippen LogP contribution in [0.2, 0.25) is 0 Å². The number of terminal acetylenes is 1. The Morgan fingerprint density at radius 3 is 2.55 bits per heavy atom. The quantitative estimate of drug-likeness (QED) is 0.419. The molecule has 0 unspecified atom stereocenters. The van der Waals surface area contributed by atoms with Gasteiger partial charge in [-0.2, -0.15) is 0 Å². The first-order chi connectivity index (χ1) is 5.41. The van der Waals surface area contributed by atoms with Gasteiger partial charge in [0.15, 0.2) is 0 Å². The maximum Gasteiger partial charge on any atom is 0.00865 e. The second-order valence-electron chi connectivity index (χ2n) is 2.55. The molecule has 0 radical (unpaired) electrons. The van der Waals surface area contributed by atoms with Crippen molar-refractivity contribution >= 4 is 0 Å². The van der Waals surface area contributed by atoms with E-state index in [1.165, 1.54) is 6.42 Å². The Morgan fingerprint density at radius 2 is 1.91 bits per heavy atom. The lowest BCUT2D eigenvalue weighted by Gasteiger charge is -2.01. The minimum absolute atomic E-state index is 0.775. The van der Waals surface area contributed by atoms with Crippen LogP contribution in [0.1, 0.15) is 25.7 Å². The normalized spacial score (nSPS) is 9.45. The molecule has 0 heterocycles. The van der Waals surface area contributed by atoms with E-state index in [9.17, 15) is 0 Å². The third kappa shape index (κ3) is 9.48. The van der Waals surface area contributed by atoms with E-state index in [1.807, 2.05) is 0 Å². The third-order valence-corrected chi connectivity index (χ3v) is 1.48. The SMILES string of the molecule is C#CCCCCNCCCN. The van der Waals surface area contributed by atoms with Crippen LogP contribution in [0.15, 0.2) is 0 Å². The summed E-state index contributed by atoms with van der Waals surface area (Å²) in [4.78, 5) is 0. The molecule has 11 heavy (non-hydrogen) atoms. The van der Waals surface area contributed by atoms with Crippen molar-refractivity contribution in [3.05, 3.63) is 0 Å². The van der Waals surface area contributed by atoms with Crippen LogP contribution in [0.5, 0.6) is 0 Å². The van der Waals surface area contributed by atoms with Gasteiger partial charge in [-0.1, -0.05) is 0 Å². The topological polar surface area (TPSA) is 38.0 Å². The average molecular weight is 154 g/mol. The maximum atomic E-state index is 5.32. The molecular formula is C9H18N2. The van der Waals surface area contributed by atoms with Crippen LogP contribution in [0.3, 0.4) is 0 Å². The number of nitrogens with two attached hydrogens (primary N) is 1. The monoisotopic (exact) mass is 154 g/mol. The van der Waals surface area contributed by atoms with E-state index in [-0.39, 0.29) is 0 Å². The van der Waals surface area contributed by atoms with Crippen molar-refractivity contribution in [2.75, 3.05) is 19.6 Å². The Kier molecular flexibility index (Phi) is 9.03. The highest BCUT2D eigenvalue weighted by Crippen LogP contribution is 1.90. The molecule has 0 spiro atoms. The lowest BCUT2D eigenvalue weighted by molar-refractivity contribution is 0.612. The summed E-state index contributed by atoms with van der Waals surface area (Å²) in [5, 5.41) is 3.30. The van der Waals surface area contributed by atoms with E-state index in [1.54, 1.807) is 0 Å². The van der Waals surface area contributed by atoms with Crippen molar-refractivity contribution in [2.24, 2.45) is 5.73 Å². The van der Waals surface area contributed by atoms with Crippen LogP contribution >= 0.6 is 0 Å². The van der Waals surface area contributed by atoms with Gasteiger partial charge in [0.1, 0.15) is 0 Å². The molecule has 0 bridgehead atoms. The highest BCUT2D eigenvalue weighted by molar-refractivity contribution is 4.82. The Morgan fingerprint density at radius 1 is 1.18 bits per heavy atom. The van der Waals surface area contributed by atoms with Crippen molar-refractivity contribution < 1.29 is 0 Å². The van der Waals surface area contributed by atoms with Crippen molar-refractivity contribution in [3.63, 3.8) is 0 Å². The van der Waals surface area contributed by atoms with Crippen molar-refractivity contribution in [1.82, 2.24) is 5.32 Å². The number of hydrogen-bond acceptors (Lipinski definition) is 2. The van der Waals surface area contributed by atoms with Gasteiger partial charge in [-0.3, -0.25) is 0 Å². The molecule has 0 aromatic heterocycles. The molecule has 0 aromatic carbocycles. The Balaban J connectivity index is 2.75. The van der Waals surface area contributed by atoms with Gasteiger partial charge in [0, 0.05) is 6.42 Å². The molecule has 0 saturated heterocycles. The molecule has 64 valence electrons. The molecule has 2 nitrogen and oxygen atoms in total. The highest BCUT2D eigenvalue weighted by atomic mass is 14.8. The van der Waals surface area contributed by atoms with Gasteiger partial charge in [0.2, 0.25) is 0 Å². The highest BCUT2D eigenvalue weighted by Gasteiger charge is 1.86. The first-order valence-electron chi connectivity index (χ1n) is 4.26. The summed E-state index contributed by atoms with van der Waals surface area (Å²) in [6.07, 6.45) is 9.38. The maximum absolute atomic E-state index is 5.32. The zero-order valence-electron chi connectivity index (χ0n) is 7.10. The Labute approximate surface area is 69.5 Å². The molecule has 0 rings (SSSR count). The summed E-state index contributed by atoms with van der Waals surface area (Å²) < 4.78 is 0. The van der Waals surface area contributed by atoms with Gasteiger partial charge in [-0.25, -0.2) is 0 Å². The Hall–Kier alpha value is -0.520. The van der Waals surface area contributed by atoms with Crippen molar-refractivity contribution in [2.45, 2.75) is 25.7 Å². The second kappa shape index (κ2) is 9.48. The molecule has 0 saturated carbocycles. The van der Waals surface area contributed by atoms with Crippen LogP contribution in [0.4, 0.5) is 0 Å². The third-order valence-electron chi connectivity index (χ3n) is 1.48. The van der Waals surface area contributed by atoms with Crippen molar-refractivity contribution in [1.29, 1.82) is 0 Å². The molecule has 0 aliphatic heterocycles. The summed E-state index contributed by atoms with van der Waals surface area (Å²) >= 11 is 0. The minimum atomic E-state index is 0.775. The first kappa shape index (κ1) is 10.5. The van der Waals surface area contributed by atoms with Crippen molar-refractivity contribution in [3.8, 4) is 12.3 Å². The van der Waals surface area contributed by atoms with E-state index in [0.717, 1.165) is 38.9 Å². The number of unbranched alkanes of at least 4 members (excludes halogenated alkanes) is 2. The number of rotatable bonds is 7. The van der Waals surface area contributed by atoms with Crippen LogP contribution in [-0.4, -0.2) is 19.6 Å². The van der Waals surface area contributed by atoms with Gasteiger partial charge >= 0.3 is 0 Å². The predicted octanol–water partition coefficient (Wildman–Crippen LogP) is 0.728. The average Bonchev–Trinajstić information content (AvgIpc) is 2.03. The van der Waals surface area contributed by atoms with E-state index < -0.39 is 0 Å². The van der Waals surface area contributed by atoms with Gasteiger partial charge in [0.05, 0.1) is 0 Å². The molecule has 0 aromatic rings. The smallest absolute Gasteiger partial charge is 0.00865 e. The predicted molar refractivity (Wildman–Crippen MR) is 49.2 cm³/mol. The van der Waals surface area contributed by atoms with E-state index in [4.69, 9.17) is 12.2 Å². The van der Waals surface area contributed by atoms with E-state index in [2.05, 4.69) is 11.2 Å². The Bertz CT molecular complexity index is 105. The number of nitrogens with one attached hydrogen (secondary N) is 1. The molecule has 0 aliphatic carbocycles. The summed E-state index contributed by atoms with van der Waals surface area (Å²) in [5.41, 5.74) is 5.32. The molecule has 0 fully saturated rings. The summed E-state index contributed by atoms with van der Waals surface area (Å²) in [6.45, 7) is 2.88. The van der Waals surface area contributed by atoms with Crippen LogP contribution in [0, 0.1) is 12.3 Å². The van der Waals surface area contributed by atoms with Gasteiger partial charge in [-0.05, 0) is 38.9 Å².